The maximum Gasteiger partial charge on any atom is 0.431 e. The van der Waals surface area contributed by atoms with Crippen molar-refractivity contribution in [3.63, 3.8) is 0 Å². The Labute approximate surface area is 286 Å². The first-order chi connectivity index (χ1) is 23.5. The minimum Gasteiger partial charge on any atom is -0.488 e. The van der Waals surface area contributed by atoms with Gasteiger partial charge in [-0.3, -0.25) is 10.6 Å². The topological polar surface area (TPSA) is 126 Å². The van der Waals surface area contributed by atoms with Gasteiger partial charge in [-0.1, -0.05) is 62.7 Å². The van der Waals surface area contributed by atoms with Gasteiger partial charge in [-0.05, 0) is 55.9 Å². The molecular formula is C37H42N8O4. The minimum atomic E-state index is -0.581. The fraction of sp³-hybridized carbons (Fsp3) is 0.297. The van der Waals surface area contributed by atoms with Crippen LogP contribution in [-0.4, -0.2) is 70.1 Å². The molecule has 1 fully saturated rings. The number of piperazine rings is 1. The molecule has 1 aliphatic rings. The Morgan fingerprint density at radius 2 is 1.59 bits per heavy atom. The molecule has 3 N–H and O–H groups in total. The van der Waals surface area contributed by atoms with E-state index in [4.69, 9.17) is 14.7 Å². The van der Waals surface area contributed by atoms with Crippen molar-refractivity contribution < 1.29 is 19.2 Å². The second-order valence-electron chi connectivity index (χ2n) is 13.2. The number of likely N-dealkylation sites (N-methyl/N-ethyl adjacent to an activating group) is 1. The van der Waals surface area contributed by atoms with Crippen LogP contribution >= 0.6 is 0 Å². The SMILES string of the molecule is Cc1ccc(-n2nc(C(C)(C)C)cc2NC(=O)Nc2ccc(OCc3ccnc(NC(=O)ON4CCN(C)CC4)c3)c3ccccc23)cc1. The summed E-state index contributed by atoms with van der Waals surface area (Å²) < 4.78 is 7.99. The minimum absolute atomic E-state index is 0.209. The highest BCUT2D eigenvalue weighted by molar-refractivity contribution is 6.07. The first-order valence-electron chi connectivity index (χ1n) is 16.3. The smallest absolute Gasteiger partial charge is 0.431 e. The van der Waals surface area contributed by atoms with Gasteiger partial charge >= 0.3 is 12.1 Å². The summed E-state index contributed by atoms with van der Waals surface area (Å²) >= 11 is 0. The van der Waals surface area contributed by atoms with E-state index in [0.29, 0.717) is 36.2 Å². The van der Waals surface area contributed by atoms with Crippen molar-refractivity contribution >= 4 is 40.2 Å². The third kappa shape index (κ3) is 8.34. The van der Waals surface area contributed by atoms with E-state index in [-0.39, 0.29) is 12.0 Å². The second-order valence-corrected chi connectivity index (χ2v) is 13.2. The molecule has 3 aromatic carbocycles. The van der Waals surface area contributed by atoms with Crippen LogP contribution in [0.2, 0.25) is 0 Å². The van der Waals surface area contributed by atoms with Crippen LogP contribution in [0.3, 0.4) is 0 Å². The predicted octanol–water partition coefficient (Wildman–Crippen LogP) is 6.96. The lowest BCUT2D eigenvalue weighted by Crippen LogP contribution is -2.45. The van der Waals surface area contributed by atoms with Crippen LogP contribution < -0.4 is 20.7 Å². The van der Waals surface area contributed by atoms with Crippen molar-refractivity contribution in [2.75, 3.05) is 49.2 Å². The number of anilines is 3. The zero-order valence-corrected chi connectivity index (χ0v) is 28.5. The van der Waals surface area contributed by atoms with Crippen LogP contribution in [0, 0.1) is 6.92 Å². The number of carbonyl (C=O) groups excluding carboxylic acids is 2. The molecule has 0 unspecified atom stereocenters. The van der Waals surface area contributed by atoms with Gasteiger partial charge in [0.15, 0.2) is 0 Å². The number of benzene rings is 3. The van der Waals surface area contributed by atoms with E-state index in [9.17, 15) is 9.59 Å². The van der Waals surface area contributed by atoms with Gasteiger partial charge in [-0.15, -0.1) is 5.06 Å². The molecule has 0 bridgehead atoms. The lowest BCUT2D eigenvalue weighted by Gasteiger charge is -2.30. The molecule has 5 aromatic rings. The van der Waals surface area contributed by atoms with E-state index in [1.54, 1.807) is 22.0 Å². The molecule has 1 aliphatic heterocycles. The third-order valence-electron chi connectivity index (χ3n) is 8.25. The maximum atomic E-state index is 13.4. The van der Waals surface area contributed by atoms with Crippen molar-refractivity contribution in [3.05, 3.63) is 102 Å². The highest BCUT2D eigenvalue weighted by Crippen LogP contribution is 2.33. The van der Waals surface area contributed by atoms with Gasteiger partial charge in [0, 0.05) is 54.6 Å². The summed E-state index contributed by atoms with van der Waals surface area (Å²) in [6.07, 6.45) is 1.03. The molecule has 3 heterocycles. The third-order valence-corrected chi connectivity index (χ3v) is 8.25. The van der Waals surface area contributed by atoms with Gasteiger partial charge < -0.3 is 19.8 Å². The summed E-state index contributed by atoms with van der Waals surface area (Å²) in [6.45, 7) is 11.5. The van der Waals surface area contributed by atoms with E-state index in [2.05, 4.69) is 46.6 Å². The molecule has 0 spiro atoms. The number of carbonyl (C=O) groups is 2. The van der Waals surface area contributed by atoms with Crippen molar-refractivity contribution in [2.45, 2.75) is 39.7 Å². The summed E-state index contributed by atoms with van der Waals surface area (Å²) in [4.78, 5) is 37.7. The van der Waals surface area contributed by atoms with E-state index in [1.165, 1.54) is 0 Å². The Hall–Kier alpha value is -5.46. The van der Waals surface area contributed by atoms with Crippen LogP contribution in [-0.2, 0) is 16.9 Å². The predicted molar refractivity (Wildman–Crippen MR) is 191 cm³/mol. The number of aryl methyl sites for hydroxylation is 1. The van der Waals surface area contributed by atoms with Gasteiger partial charge in [0.2, 0.25) is 0 Å². The van der Waals surface area contributed by atoms with Crippen molar-refractivity contribution in [3.8, 4) is 11.4 Å². The van der Waals surface area contributed by atoms with Gasteiger partial charge in [0.05, 0.1) is 17.1 Å². The Morgan fingerprint density at radius 3 is 2.33 bits per heavy atom. The fourth-order valence-corrected chi connectivity index (χ4v) is 5.41. The van der Waals surface area contributed by atoms with Crippen LogP contribution in [0.15, 0.2) is 85.1 Å². The summed E-state index contributed by atoms with van der Waals surface area (Å²) in [5.41, 5.74) is 4.09. The molecule has 0 atom stereocenters. The molecule has 12 nitrogen and oxygen atoms in total. The summed E-state index contributed by atoms with van der Waals surface area (Å²) in [5, 5.41) is 16.8. The molecule has 3 amide bonds. The highest BCUT2D eigenvalue weighted by Gasteiger charge is 2.22. The van der Waals surface area contributed by atoms with E-state index in [0.717, 1.165) is 46.4 Å². The molecule has 0 radical (unpaired) electrons. The Balaban J connectivity index is 1.13. The Kier molecular flexibility index (Phi) is 9.79. The number of pyridine rings is 1. The molecule has 1 saturated heterocycles. The van der Waals surface area contributed by atoms with Gasteiger partial charge in [0.25, 0.3) is 0 Å². The van der Waals surface area contributed by atoms with Crippen molar-refractivity contribution in [2.24, 2.45) is 0 Å². The lowest BCUT2D eigenvalue weighted by molar-refractivity contribution is -0.115. The fourth-order valence-electron chi connectivity index (χ4n) is 5.41. The molecule has 49 heavy (non-hydrogen) atoms. The average Bonchev–Trinajstić information content (AvgIpc) is 3.50. The largest absolute Gasteiger partial charge is 0.488 e. The van der Waals surface area contributed by atoms with Gasteiger partial charge in [-0.25, -0.2) is 19.3 Å². The number of hydrogen-bond donors (Lipinski definition) is 3. The normalized spacial score (nSPS) is 14.0. The molecule has 0 saturated carbocycles. The van der Waals surface area contributed by atoms with Crippen LogP contribution in [0.5, 0.6) is 5.75 Å². The molecule has 6 rings (SSSR count). The monoisotopic (exact) mass is 662 g/mol. The number of nitrogens with zero attached hydrogens (tertiary/aromatic N) is 5. The quantitative estimate of drug-likeness (QED) is 0.163. The van der Waals surface area contributed by atoms with E-state index < -0.39 is 12.1 Å². The number of urea groups is 1. The molecule has 12 heteroatoms. The second kappa shape index (κ2) is 14.3. The van der Waals surface area contributed by atoms with Crippen molar-refractivity contribution in [1.29, 1.82) is 0 Å². The Morgan fingerprint density at radius 1 is 0.857 bits per heavy atom. The van der Waals surface area contributed by atoms with E-state index >= 15 is 0 Å². The van der Waals surface area contributed by atoms with Crippen LogP contribution in [0.1, 0.15) is 37.6 Å². The maximum absolute atomic E-state index is 13.4. The summed E-state index contributed by atoms with van der Waals surface area (Å²) in [5.74, 6) is 1.58. The molecule has 2 aromatic heterocycles. The molecular weight excluding hydrogens is 620 g/mol. The molecule has 0 aliphatic carbocycles. The number of rotatable bonds is 8. The van der Waals surface area contributed by atoms with Crippen LogP contribution in [0.4, 0.5) is 26.9 Å². The van der Waals surface area contributed by atoms with E-state index in [1.807, 2.05) is 86.8 Å². The van der Waals surface area contributed by atoms with Gasteiger partial charge in [0.1, 0.15) is 24.0 Å². The number of hydrogen-bond acceptors (Lipinski definition) is 8. The average molecular weight is 663 g/mol. The lowest BCUT2D eigenvalue weighted by atomic mass is 9.92. The number of fused-ring (bicyclic) bond motifs is 1. The van der Waals surface area contributed by atoms with Crippen molar-refractivity contribution in [1.82, 2.24) is 24.7 Å². The molecule has 254 valence electrons. The standard InChI is InChI=1S/C37H42N8O4/c1-25-10-12-27(13-11-25)45-34(23-32(42-45)37(2,3)4)41-35(46)39-30-14-15-31(29-9-7-6-8-28(29)30)48-24-26-16-17-38-33(22-26)40-36(47)49-44-20-18-43(5)19-21-44/h6-17,22-23H,18-21,24H2,1-5H3,(H,38,40,47)(H2,39,41,46). The zero-order chi connectivity index (χ0) is 34.5. The highest BCUT2D eigenvalue weighted by atomic mass is 16.7. The number of aromatic nitrogens is 3. The van der Waals surface area contributed by atoms with Crippen LogP contribution in [0.25, 0.3) is 16.5 Å². The number of nitrogens with one attached hydrogen (secondary N) is 3. The number of amides is 3. The number of hydroxylamine groups is 2. The van der Waals surface area contributed by atoms with Gasteiger partial charge in [-0.2, -0.15) is 5.10 Å². The first-order valence-corrected chi connectivity index (χ1v) is 16.3. The Bertz CT molecular complexity index is 1940. The summed E-state index contributed by atoms with van der Waals surface area (Å²) in [6, 6.07) is 24.5. The first kappa shape index (κ1) is 33.4. The number of ether oxygens (including phenoxy) is 1. The zero-order valence-electron chi connectivity index (χ0n) is 28.5. The summed E-state index contributed by atoms with van der Waals surface area (Å²) in [7, 11) is 2.04.